The molecule has 0 aliphatic carbocycles. The Bertz CT molecular complexity index is 324. The van der Waals surface area contributed by atoms with E-state index in [2.05, 4.69) is 13.8 Å². The third-order valence-corrected chi connectivity index (χ3v) is 3.79. The van der Waals surface area contributed by atoms with E-state index in [1.807, 2.05) is 27.7 Å². The Labute approximate surface area is 123 Å². The number of carbonyl (C=O) groups excluding carboxylic acids is 1. The molecule has 1 aliphatic heterocycles. The Kier molecular flexibility index (Phi) is 5.87. The van der Waals surface area contributed by atoms with Gasteiger partial charge < -0.3 is 14.4 Å². The number of rotatable bonds is 4. The fourth-order valence-electron chi connectivity index (χ4n) is 2.66. The highest BCUT2D eigenvalue weighted by atomic mass is 16.6. The van der Waals surface area contributed by atoms with Crippen LogP contribution in [-0.2, 0) is 9.47 Å². The Balaban J connectivity index is 2.50. The number of carbonyl (C=O) groups is 1. The van der Waals surface area contributed by atoms with Gasteiger partial charge in [0.05, 0.1) is 5.60 Å². The molecule has 0 aromatic rings. The highest BCUT2D eigenvalue weighted by Gasteiger charge is 2.32. The van der Waals surface area contributed by atoms with Crippen LogP contribution in [0.25, 0.3) is 0 Å². The summed E-state index contributed by atoms with van der Waals surface area (Å²) in [5.41, 5.74) is -0.544. The van der Waals surface area contributed by atoms with Crippen molar-refractivity contribution in [3.63, 3.8) is 0 Å². The molecule has 0 aromatic carbocycles. The van der Waals surface area contributed by atoms with Crippen molar-refractivity contribution in [1.82, 2.24) is 4.90 Å². The lowest BCUT2D eigenvalue weighted by molar-refractivity contribution is -0.0902. The second-order valence-corrected chi connectivity index (χ2v) is 7.21. The summed E-state index contributed by atoms with van der Waals surface area (Å²) in [6.07, 6.45) is 2.84. The van der Waals surface area contributed by atoms with E-state index in [1.54, 1.807) is 4.90 Å². The molecule has 2 atom stereocenters. The van der Waals surface area contributed by atoms with Gasteiger partial charge in [-0.1, -0.05) is 6.92 Å². The first-order valence-electron chi connectivity index (χ1n) is 7.77. The average molecular weight is 285 g/mol. The number of hydrogen-bond donors (Lipinski definition) is 0. The number of hydrogen-bond acceptors (Lipinski definition) is 3. The summed E-state index contributed by atoms with van der Waals surface area (Å²) >= 11 is 0. The third-order valence-electron chi connectivity index (χ3n) is 3.79. The summed E-state index contributed by atoms with van der Waals surface area (Å²) in [5, 5.41) is 0. The molecule has 4 heteroatoms. The van der Waals surface area contributed by atoms with Gasteiger partial charge in [0.25, 0.3) is 0 Å². The van der Waals surface area contributed by atoms with Crippen LogP contribution < -0.4 is 0 Å². The van der Waals surface area contributed by atoms with Crippen LogP contribution in [0.2, 0.25) is 0 Å². The SMILES string of the molecule is CCN(CCC1(C)CC(C)CCO1)C(=O)OC(C)(C)C. The number of nitrogens with zero attached hydrogens (tertiary/aromatic N) is 1. The zero-order valence-electron chi connectivity index (χ0n) is 14.0. The quantitative estimate of drug-likeness (QED) is 0.787. The molecule has 0 N–H and O–H groups in total. The molecular weight excluding hydrogens is 254 g/mol. The monoisotopic (exact) mass is 285 g/mol. The molecule has 1 saturated heterocycles. The first-order valence-corrected chi connectivity index (χ1v) is 7.77. The summed E-state index contributed by atoms with van der Waals surface area (Å²) in [4.78, 5) is 13.9. The second kappa shape index (κ2) is 6.79. The zero-order chi connectivity index (χ0) is 15.4. The highest BCUT2D eigenvalue weighted by Crippen LogP contribution is 2.31. The number of amides is 1. The van der Waals surface area contributed by atoms with Gasteiger partial charge in [0.2, 0.25) is 0 Å². The van der Waals surface area contributed by atoms with Crippen LogP contribution in [-0.4, -0.2) is 41.9 Å². The van der Waals surface area contributed by atoms with Crippen LogP contribution in [0.1, 0.15) is 60.8 Å². The maximum absolute atomic E-state index is 12.1. The van der Waals surface area contributed by atoms with Crippen LogP contribution in [0.5, 0.6) is 0 Å². The Morgan fingerprint density at radius 2 is 2.10 bits per heavy atom. The van der Waals surface area contributed by atoms with Crippen LogP contribution >= 0.6 is 0 Å². The van der Waals surface area contributed by atoms with E-state index in [9.17, 15) is 4.79 Å². The van der Waals surface area contributed by atoms with E-state index in [-0.39, 0.29) is 11.7 Å². The molecule has 1 amide bonds. The summed E-state index contributed by atoms with van der Waals surface area (Å²) in [6, 6.07) is 0. The molecule has 1 fully saturated rings. The van der Waals surface area contributed by atoms with Crippen LogP contribution in [0.3, 0.4) is 0 Å². The maximum atomic E-state index is 12.1. The van der Waals surface area contributed by atoms with Crippen molar-refractivity contribution in [1.29, 1.82) is 0 Å². The van der Waals surface area contributed by atoms with E-state index in [4.69, 9.17) is 9.47 Å². The van der Waals surface area contributed by atoms with E-state index in [1.165, 1.54) is 0 Å². The Morgan fingerprint density at radius 1 is 1.45 bits per heavy atom. The first kappa shape index (κ1) is 17.3. The molecule has 0 spiro atoms. The molecule has 2 unspecified atom stereocenters. The van der Waals surface area contributed by atoms with Gasteiger partial charge in [-0.25, -0.2) is 4.79 Å². The van der Waals surface area contributed by atoms with E-state index < -0.39 is 5.60 Å². The minimum absolute atomic E-state index is 0.104. The van der Waals surface area contributed by atoms with Gasteiger partial charge >= 0.3 is 6.09 Å². The van der Waals surface area contributed by atoms with Gasteiger partial charge in [0, 0.05) is 19.7 Å². The predicted molar refractivity (Wildman–Crippen MR) is 80.9 cm³/mol. The average Bonchev–Trinajstić information content (AvgIpc) is 2.26. The molecule has 4 nitrogen and oxygen atoms in total. The lowest BCUT2D eigenvalue weighted by Crippen LogP contribution is -2.42. The van der Waals surface area contributed by atoms with Crippen LogP contribution in [0.15, 0.2) is 0 Å². The molecule has 0 aromatic heterocycles. The largest absolute Gasteiger partial charge is 0.444 e. The Morgan fingerprint density at radius 3 is 2.60 bits per heavy atom. The Hall–Kier alpha value is -0.770. The van der Waals surface area contributed by atoms with Gasteiger partial charge in [-0.3, -0.25) is 0 Å². The summed E-state index contributed by atoms with van der Waals surface area (Å²) in [7, 11) is 0. The molecule has 0 saturated carbocycles. The molecule has 1 rings (SSSR count). The summed E-state index contributed by atoms with van der Waals surface area (Å²) in [6.45, 7) is 14.3. The molecule has 0 radical (unpaired) electrons. The zero-order valence-corrected chi connectivity index (χ0v) is 14.0. The van der Waals surface area contributed by atoms with Crippen molar-refractivity contribution < 1.29 is 14.3 Å². The van der Waals surface area contributed by atoms with Crippen LogP contribution in [0.4, 0.5) is 4.79 Å². The van der Waals surface area contributed by atoms with Gasteiger partial charge in [-0.05, 0) is 59.8 Å². The molecule has 1 heterocycles. The fourth-order valence-corrected chi connectivity index (χ4v) is 2.66. The van der Waals surface area contributed by atoms with E-state index in [0.717, 1.165) is 25.9 Å². The standard InChI is InChI=1S/C16H31NO3/c1-7-17(14(18)20-15(3,4)5)10-9-16(6)12-13(2)8-11-19-16/h13H,7-12H2,1-6H3. The lowest BCUT2D eigenvalue weighted by Gasteiger charge is -2.38. The molecule has 20 heavy (non-hydrogen) atoms. The maximum Gasteiger partial charge on any atom is 0.410 e. The van der Waals surface area contributed by atoms with Crippen molar-refractivity contribution in [2.45, 2.75) is 72.0 Å². The van der Waals surface area contributed by atoms with Gasteiger partial charge in [-0.2, -0.15) is 0 Å². The third kappa shape index (κ3) is 5.70. The minimum Gasteiger partial charge on any atom is -0.444 e. The van der Waals surface area contributed by atoms with E-state index >= 15 is 0 Å². The minimum atomic E-state index is -0.440. The molecule has 1 aliphatic rings. The topological polar surface area (TPSA) is 38.8 Å². The van der Waals surface area contributed by atoms with Crippen LogP contribution in [0, 0.1) is 5.92 Å². The van der Waals surface area contributed by atoms with Crippen molar-refractivity contribution in [2.24, 2.45) is 5.92 Å². The van der Waals surface area contributed by atoms with Crippen molar-refractivity contribution in [3.8, 4) is 0 Å². The van der Waals surface area contributed by atoms with E-state index in [0.29, 0.717) is 19.0 Å². The highest BCUT2D eigenvalue weighted by molar-refractivity contribution is 5.68. The first-order chi connectivity index (χ1) is 9.15. The van der Waals surface area contributed by atoms with Gasteiger partial charge in [-0.15, -0.1) is 0 Å². The van der Waals surface area contributed by atoms with Gasteiger partial charge in [0.1, 0.15) is 5.60 Å². The summed E-state index contributed by atoms with van der Waals surface area (Å²) in [5.74, 6) is 0.699. The number of ether oxygens (including phenoxy) is 2. The smallest absolute Gasteiger partial charge is 0.410 e. The predicted octanol–water partition coefficient (Wildman–Crippen LogP) is 3.84. The molecule has 118 valence electrons. The second-order valence-electron chi connectivity index (χ2n) is 7.21. The summed E-state index contributed by atoms with van der Waals surface area (Å²) < 4.78 is 11.4. The van der Waals surface area contributed by atoms with Crippen molar-refractivity contribution in [3.05, 3.63) is 0 Å². The molecule has 0 bridgehead atoms. The van der Waals surface area contributed by atoms with Crippen molar-refractivity contribution in [2.75, 3.05) is 19.7 Å². The fraction of sp³-hybridized carbons (Fsp3) is 0.938. The normalized spacial score (nSPS) is 27.2. The lowest BCUT2D eigenvalue weighted by atomic mass is 9.86. The van der Waals surface area contributed by atoms with Crippen molar-refractivity contribution >= 4 is 6.09 Å². The van der Waals surface area contributed by atoms with Gasteiger partial charge in [0.15, 0.2) is 0 Å². The molecular formula is C16H31NO3.